The molecule has 0 amide bonds. The average molecular weight is 259 g/mol. The molecule has 0 heterocycles. The third-order valence-electron chi connectivity index (χ3n) is 3.20. The molecule has 5 nitrogen and oxygen atoms in total. The topological polar surface area (TPSA) is 73.2 Å². The maximum Gasteiger partial charge on any atom is 0.279 e. The first-order chi connectivity index (χ1) is 7.95. The number of nitrogens with one attached hydrogen (secondary N) is 1. The van der Waals surface area contributed by atoms with Gasteiger partial charge in [0.15, 0.2) is 0 Å². The molecule has 2 atom stereocenters. The molecule has 0 radical (unpaired) electrons. The summed E-state index contributed by atoms with van der Waals surface area (Å²) in [5, 5.41) is 8.45. The summed E-state index contributed by atoms with van der Waals surface area (Å²) in [6.45, 7) is 2.40. The highest BCUT2D eigenvalue weighted by Crippen LogP contribution is 2.24. The Kier molecular flexibility index (Phi) is 5.37. The van der Waals surface area contributed by atoms with Gasteiger partial charge < -0.3 is 0 Å². The molecular formula is C11H21N3O2S. The Bertz CT molecular complexity index is 375. The molecule has 0 bridgehead atoms. The van der Waals surface area contributed by atoms with E-state index in [0.717, 1.165) is 19.3 Å². The van der Waals surface area contributed by atoms with Crippen molar-refractivity contribution in [3.63, 3.8) is 0 Å². The molecule has 1 rings (SSSR count). The first kappa shape index (κ1) is 14.4. The van der Waals surface area contributed by atoms with Gasteiger partial charge in [-0.1, -0.05) is 19.8 Å². The van der Waals surface area contributed by atoms with Crippen LogP contribution < -0.4 is 4.72 Å². The van der Waals surface area contributed by atoms with Crippen molar-refractivity contribution in [2.75, 3.05) is 13.6 Å². The van der Waals surface area contributed by atoms with Crippen molar-refractivity contribution in [2.45, 2.75) is 45.1 Å². The molecule has 1 N–H and O–H groups in total. The largest absolute Gasteiger partial charge is 0.279 e. The maximum atomic E-state index is 11.9. The molecule has 0 spiro atoms. The summed E-state index contributed by atoms with van der Waals surface area (Å²) in [6.07, 6.45) is 4.30. The van der Waals surface area contributed by atoms with Gasteiger partial charge in [-0.3, -0.25) is 0 Å². The van der Waals surface area contributed by atoms with Gasteiger partial charge in [0.2, 0.25) is 0 Å². The smallest absolute Gasteiger partial charge is 0.199 e. The SMILES string of the molecule is CC1CCCC(NS(=O)(=O)N(C)CCC#N)C1. The van der Waals surface area contributed by atoms with Gasteiger partial charge in [-0.25, -0.2) is 0 Å². The second-order valence-electron chi connectivity index (χ2n) is 4.82. The molecule has 0 aliphatic heterocycles. The molecule has 1 saturated carbocycles. The van der Waals surface area contributed by atoms with Crippen molar-refractivity contribution in [1.29, 1.82) is 5.26 Å². The van der Waals surface area contributed by atoms with Gasteiger partial charge in [-0.05, 0) is 18.8 Å². The van der Waals surface area contributed by atoms with E-state index in [1.807, 2.05) is 6.07 Å². The van der Waals surface area contributed by atoms with Crippen LogP contribution in [0.3, 0.4) is 0 Å². The van der Waals surface area contributed by atoms with Crippen LogP contribution in [0.1, 0.15) is 39.0 Å². The number of hydrogen-bond donors (Lipinski definition) is 1. The van der Waals surface area contributed by atoms with Crippen molar-refractivity contribution < 1.29 is 8.42 Å². The van der Waals surface area contributed by atoms with Gasteiger partial charge in [0.1, 0.15) is 0 Å². The predicted octanol–water partition coefficient (Wildman–Crippen LogP) is 1.24. The second kappa shape index (κ2) is 6.34. The first-order valence-corrected chi connectivity index (χ1v) is 7.50. The lowest BCUT2D eigenvalue weighted by molar-refractivity contribution is 0.321. The Hall–Kier alpha value is -0.640. The average Bonchev–Trinajstić information content (AvgIpc) is 2.25. The zero-order valence-corrected chi connectivity index (χ0v) is 11.3. The van der Waals surface area contributed by atoms with Crippen molar-refractivity contribution in [1.82, 2.24) is 9.03 Å². The third kappa shape index (κ3) is 4.62. The molecule has 0 saturated heterocycles. The normalized spacial score (nSPS) is 25.8. The predicted molar refractivity (Wildman–Crippen MR) is 66.3 cm³/mol. The number of nitriles is 1. The fourth-order valence-electron chi connectivity index (χ4n) is 2.17. The van der Waals surface area contributed by atoms with E-state index in [-0.39, 0.29) is 19.0 Å². The Morgan fingerprint density at radius 1 is 1.47 bits per heavy atom. The summed E-state index contributed by atoms with van der Waals surface area (Å²) >= 11 is 0. The number of nitrogens with zero attached hydrogens (tertiary/aromatic N) is 2. The van der Waals surface area contributed by atoms with E-state index < -0.39 is 10.2 Å². The molecule has 0 aromatic carbocycles. The molecule has 1 aliphatic rings. The van der Waals surface area contributed by atoms with Gasteiger partial charge in [-0.2, -0.15) is 22.7 Å². The molecule has 0 aromatic rings. The van der Waals surface area contributed by atoms with Crippen LogP contribution in [0.4, 0.5) is 0 Å². The van der Waals surface area contributed by atoms with Crippen LogP contribution in [-0.2, 0) is 10.2 Å². The summed E-state index contributed by atoms with van der Waals surface area (Å²) in [5.74, 6) is 0.584. The van der Waals surface area contributed by atoms with Crippen LogP contribution in [0.2, 0.25) is 0 Å². The maximum absolute atomic E-state index is 11.9. The highest BCUT2D eigenvalue weighted by atomic mass is 32.2. The van der Waals surface area contributed by atoms with Crippen LogP contribution >= 0.6 is 0 Å². The number of rotatable bonds is 5. The lowest BCUT2D eigenvalue weighted by Gasteiger charge is -2.28. The second-order valence-corrected chi connectivity index (χ2v) is 6.63. The van der Waals surface area contributed by atoms with Crippen LogP contribution in [0, 0.1) is 17.2 Å². The summed E-state index contributed by atoms with van der Waals surface area (Å²) in [5.41, 5.74) is 0. The standard InChI is InChI=1S/C11H21N3O2S/c1-10-5-3-6-11(9-10)13-17(15,16)14(2)8-4-7-12/h10-11,13H,3-6,8-9H2,1-2H3. The van der Waals surface area contributed by atoms with E-state index in [9.17, 15) is 8.42 Å². The van der Waals surface area contributed by atoms with Gasteiger partial charge in [0, 0.05) is 26.1 Å². The van der Waals surface area contributed by atoms with E-state index in [1.165, 1.54) is 17.8 Å². The minimum atomic E-state index is -3.42. The highest BCUT2D eigenvalue weighted by molar-refractivity contribution is 7.87. The van der Waals surface area contributed by atoms with E-state index >= 15 is 0 Å². The van der Waals surface area contributed by atoms with E-state index in [4.69, 9.17) is 5.26 Å². The lowest BCUT2D eigenvalue weighted by Crippen LogP contribution is -2.45. The summed E-state index contributed by atoms with van der Waals surface area (Å²) in [6, 6.07) is 2.00. The quantitative estimate of drug-likeness (QED) is 0.807. The van der Waals surface area contributed by atoms with Crippen LogP contribution in [0.25, 0.3) is 0 Å². The Morgan fingerprint density at radius 3 is 2.76 bits per heavy atom. The monoisotopic (exact) mass is 259 g/mol. The van der Waals surface area contributed by atoms with Gasteiger partial charge in [0.25, 0.3) is 10.2 Å². The van der Waals surface area contributed by atoms with Crippen LogP contribution in [-0.4, -0.2) is 32.4 Å². The first-order valence-electron chi connectivity index (χ1n) is 6.06. The molecule has 1 aliphatic carbocycles. The van der Waals surface area contributed by atoms with Gasteiger partial charge >= 0.3 is 0 Å². The van der Waals surface area contributed by atoms with E-state index in [0.29, 0.717) is 5.92 Å². The fraction of sp³-hybridized carbons (Fsp3) is 0.909. The fourth-order valence-corrected chi connectivity index (χ4v) is 3.32. The van der Waals surface area contributed by atoms with Crippen molar-refractivity contribution in [3.8, 4) is 6.07 Å². The zero-order chi connectivity index (χ0) is 12.9. The van der Waals surface area contributed by atoms with Gasteiger partial charge in [-0.15, -0.1) is 0 Å². The molecule has 6 heteroatoms. The van der Waals surface area contributed by atoms with Crippen molar-refractivity contribution >= 4 is 10.2 Å². The van der Waals surface area contributed by atoms with Crippen LogP contribution in [0.15, 0.2) is 0 Å². The molecule has 0 aromatic heterocycles. The minimum absolute atomic E-state index is 0.0493. The Balaban J connectivity index is 2.51. The summed E-state index contributed by atoms with van der Waals surface area (Å²) in [4.78, 5) is 0. The van der Waals surface area contributed by atoms with Gasteiger partial charge in [0.05, 0.1) is 6.07 Å². The Labute approximate surface area is 104 Å². The molecule has 98 valence electrons. The molecular weight excluding hydrogens is 238 g/mol. The van der Waals surface area contributed by atoms with E-state index in [1.54, 1.807) is 0 Å². The highest BCUT2D eigenvalue weighted by Gasteiger charge is 2.25. The summed E-state index contributed by atoms with van der Waals surface area (Å²) in [7, 11) is -1.92. The minimum Gasteiger partial charge on any atom is -0.199 e. The Morgan fingerprint density at radius 2 is 2.18 bits per heavy atom. The van der Waals surface area contributed by atoms with E-state index in [2.05, 4.69) is 11.6 Å². The lowest BCUT2D eigenvalue weighted by atomic mass is 9.88. The molecule has 1 fully saturated rings. The molecule has 2 unspecified atom stereocenters. The zero-order valence-electron chi connectivity index (χ0n) is 10.5. The van der Waals surface area contributed by atoms with Crippen LogP contribution in [0.5, 0.6) is 0 Å². The van der Waals surface area contributed by atoms with Crippen molar-refractivity contribution in [2.24, 2.45) is 5.92 Å². The van der Waals surface area contributed by atoms with Crippen molar-refractivity contribution in [3.05, 3.63) is 0 Å². The summed E-state index contributed by atoms with van der Waals surface area (Å²) < 4.78 is 27.8. The number of hydrogen-bond acceptors (Lipinski definition) is 3. The third-order valence-corrected chi connectivity index (χ3v) is 4.84. The molecule has 17 heavy (non-hydrogen) atoms.